The molecule has 0 aliphatic heterocycles. The lowest BCUT2D eigenvalue weighted by atomic mass is 10.4. The second kappa shape index (κ2) is 11.8. The molecule has 0 saturated carbocycles. The van der Waals surface area contributed by atoms with Gasteiger partial charge in [-0.3, -0.25) is 0 Å². The lowest BCUT2D eigenvalue weighted by molar-refractivity contribution is 0.594. The van der Waals surface area contributed by atoms with Crippen molar-refractivity contribution in [1.29, 1.82) is 0 Å². The van der Waals surface area contributed by atoms with Gasteiger partial charge in [0.15, 0.2) is 0 Å². The molecule has 0 saturated heterocycles. The molecule has 0 radical (unpaired) electrons. The minimum atomic E-state index is -0.870. The highest BCUT2D eigenvalue weighted by atomic mass is 79.9. The van der Waals surface area contributed by atoms with E-state index in [-0.39, 0.29) is 0 Å². The summed E-state index contributed by atoms with van der Waals surface area (Å²) in [4.78, 5) is 0. The Kier molecular flexibility index (Phi) is 13.9. The van der Waals surface area contributed by atoms with Crippen molar-refractivity contribution in [3.63, 3.8) is 0 Å². The Balaban J connectivity index is 0. The predicted molar refractivity (Wildman–Crippen MR) is 64.9 cm³/mol. The van der Waals surface area contributed by atoms with E-state index in [1.165, 1.54) is 0 Å². The minimum Gasteiger partial charge on any atom is -0.0755 e. The fraction of sp³-hybridized carbons (Fsp3) is 0.400. The summed E-state index contributed by atoms with van der Waals surface area (Å²) >= 11 is 3.31. The van der Waals surface area contributed by atoms with Crippen molar-refractivity contribution in [2.24, 2.45) is 0 Å². The highest BCUT2D eigenvalue weighted by Gasteiger charge is 1.80. The first-order valence-electron chi connectivity index (χ1n) is 4.18. The molecule has 0 spiro atoms. The molecule has 1 aromatic rings. The summed E-state index contributed by atoms with van der Waals surface area (Å²) in [7, 11) is -0.870. The SMILES string of the molecule is Brc1ccccc1.CC.C[P+](C)=O. The first-order chi connectivity index (χ1) is 6.13. The summed E-state index contributed by atoms with van der Waals surface area (Å²) in [5.74, 6) is 0. The van der Waals surface area contributed by atoms with Crippen LogP contribution in [0, 0.1) is 0 Å². The van der Waals surface area contributed by atoms with Crippen LogP contribution >= 0.6 is 23.7 Å². The minimum absolute atomic E-state index is 0.870. The van der Waals surface area contributed by atoms with E-state index in [4.69, 9.17) is 0 Å². The Morgan fingerprint density at radius 1 is 1.08 bits per heavy atom. The molecule has 1 nitrogen and oxygen atoms in total. The van der Waals surface area contributed by atoms with Gasteiger partial charge in [0.2, 0.25) is 0 Å². The van der Waals surface area contributed by atoms with E-state index in [0.29, 0.717) is 0 Å². The van der Waals surface area contributed by atoms with Crippen molar-refractivity contribution in [3.05, 3.63) is 34.8 Å². The summed E-state index contributed by atoms with van der Waals surface area (Å²) in [5.41, 5.74) is 0. The van der Waals surface area contributed by atoms with Crippen LogP contribution in [0.2, 0.25) is 0 Å². The van der Waals surface area contributed by atoms with Gasteiger partial charge >= 0.3 is 7.80 Å². The van der Waals surface area contributed by atoms with Crippen molar-refractivity contribution in [2.45, 2.75) is 13.8 Å². The molecule has 0 fully saturated rings. The Bertz CT molecular complexity index is 207. The Hall–Kier alpha value is -0.200. The fourth-order valence-corrected chi connectivity index (χ4v) is 0.720. The van der Waals surface area contributed by atoms with E-state index >= 15 is 0 Å². The van der Waals surface area contributed by atoms with Crippen LogP contribution < -0.4 is 0 Å². The van der Waals surface area contributed by atoms with E-state index in [1.807, 2.05) is 44.2 Å². The number of halogens is 1. The van der Waals surface area contributed by atoms with E-state index in [2.05, 4.69) is 15.9 Å². The van der Waals surface area contributed by atoms with Gasteiger partial charge in [-0.15, -0.1) is 0 Å². The molecule has 13 heavy (non-hydrogen) atoms. The zero-order chi connectivity index (χ0) is 10.7. The van der Waals surface area contributed by atoms with Crippen molar-refractivity contribution < 1.29 is 4.57 Å². The molecule has 0 heterocycles. The Labute approximate surface area is 90.5 Å². The topological polar surface area (TPSA) is 17.1 Å². The maximum Gasteiger partial charge on any atom is 0.332 e. The van der Waals surface area contributed by atoms with Crippen LogP contribution in [-0.2, 0) is 4.57 Å². The van der Waals surface area contributed by atoms with Gasteiger partial charge in [-0.2, -0.15) is 0 Å². The van der Waals surface area contributed by atoms with E-state index in [0.717, 1.165) is 4.47 Å². The number of rotatable bonds is 0. The molecule has 74 valence electrons. The molecule has 0 aliphatic rings. The average molecular weight is 264 g/mol. The quantitative estimate of drug-likeness (QED) is 0.628. The first kappa shape index (κ1) is 15.3. The number of hydrogen-bond donors (Lipinski definition) is 0. The molecule has 0 bridgehead atoms. The molecule has 0 atom stereocenters. The molecule has 0 amide bonds. The molecular weight excluding hydrogens is 247 g/mol. The van der Waals surface area contributed by atoms with Gasteiger partial charge < -0.3 is 0 Å². The molecule has 1 rings (SSSR count). The lowest BCUT2D eigenvalue weighted by Crippen LogP contribution is -1.55. The monoisotopic (exact) mass is 263 g/mol. The van der Waals surface area contributed by atoms with Crippen molar-refractivity contribution >= 4 is 23.7 Å². The van der Waals surface area contributed by atoms with Crippen LogP contribution in [0.5, 0.6) is 0 Å². The summed E-state index contributed by atoms with van der Waals surface area (Å²) < 4.78 is 10.7. The largest absolute Gasteiger partial charge is 0.332 e. The van der Waals surface area contributed by atoms with Crippen LogP contribution in [0.3, 0.4) is 0 Å². The van der Waals surface area contributed by atoms with Crippen molar-refractivity contribution in [1.82, 2.24) is 0 Å². The standard InChI is InChI=1S/C6H5Br.C2H6OP.C2H6/c7-6-4-2-1-3-5-6;1-4(2)3;1-2/h1-5H;1-2H3;1-2H3/q;+1;. The van der Waals surface area contributed by atoms with E-state index < -0.39 is 7.80 Å². The predicted octanol–water partition coefficient (Wildman–Crippen LogP) is 4.55. The molecular formula is C10H17BrOP+. The zero-order valence-electron chi connectivity index (χ0n) is 8.62. The van der Waals surface area contributed by atoms with E-state index in [9.17, 15) is 4.57 Å². The van der Waals surface area contributed by atoms with E-state index in [1.54, 1.807) is 13.3 Å². The summed E-state index contributed by atoms with van der Waals surface area (Å²) in [6.45, 7) is 7.35. The second-order valence-corrected chi connectivity index (χ2v) is 4.65. The van der Waals surface area contributed by atoms with Crippen molar-refractivity contribution in [3.8, 4) is 0 Å². The fourth-order valence-electron chi connectivity index (χ4n) is 0.415. The second-order valence-electron chi connectivity index (χ2n) is 2.11. The molecule has 0 N–H and O–H groups in total. The maximum absolute atomic E-state index is 9.59. The van der Waals surface area contributed by atoms with Gasteiger partial charge in [-0.05, 0) is 12.1 Å². The molecule has 0 aliphatic carbocycles. The van der Waals surface area contributed by atoms with Crippen LogP contribution in [0.4, 0.5) is 0 Å². The normalized spacial score (nSPS) is 7.15. The smallest absolute Gasteiger partial charge is 0.0755 e. The summed E-state index contributed by atoms with van der Waals surface area (Å²) in [6.07, 6.45) is 0. The molecule has 3 heteroatoms. The van der Waals surface area contributed by atoms with Crippen molar-refractivity contribution in [2.75, 3.05) is 13.3 Å². The van der Waals surface area contributed by atoms with Gasteiger partial charge in [0, 0.05) is 4.47 Å². The lowest BCUT2D eigenvalue weighted by Gasteiger charge is -1.80. The first-order valence-corrected chi connectivity index (χ1v) is 7.12. The van der Waals surface area contributed by atoms with Crippen LogP contribution in [0.15, 0.2) is 34.8 Å². The summed E-state index contributed by atoms with van der Waals surface area (Å²) in [5, 5.41) is 0. The Morgan fingerprint density at radius 2 is 1.38 bits per heavy atom. The van der Waals surface area contributed by atoms with Gasteiger partial charge in [-0.25, -0.2) is 0 Å². The maximum atomic E-state index is 9.59. The highest BCUT2D eigenvalue weighted by Crippen LogP contribution is 2.05. The van der Waals surface area contributed by atoms with Crippen LogP contribution in [0.25, 0.3) is 0 Å². The third-order valence-electron chi connectivity index (χ3n) is 0.733. The molecule has 1 aromatic carbocycles. The van der Waals surface area contributed by atoms with Crippen LogP contribution in [-0.4, -0.2) is 13.3 Å². The third-order valence-corrected chi connectivity index (χ3v) is 1.26. The Morgan fingerprint density at radius 3 is 1.54 bits per heavy atom. The summed E-state index contributed by atoms with van der Waals surface area (Å²) in [6, 6.07) is 9.97. The highest BCUT2D eigenvalue weighted by molar-refractivity contribution is 9.10. The molecule has 0 unspecified atom stereocenters. The van der Waals surface area contributed by atoms with Gasteiger partial charge in [0.1, 0.15) is 13.3 Å². The van der Waals surface area contributed by atoms with Gasteiger partial charge in [-0.1, -0.05) is 52.5 Å². The van der Waals surface area contributed by atoms with Crippen LogP contribution in [0.1, 0.15) is 13.8 Å². The van der Waals surface area contributed by atoms with Gasteiger partial charge in [0.25, 0.3) is 0 Å². The zero-order valence-corrected chi connectivity index (χ0v) is 11.1. The molecule has 0 aromatic heterocycles. The third kappa shape index (κ3) is 18.6. The number of hydrogen-bond acceptors (Lipinski definition) is 1. The van der Waals surface area contributed by atoms with Gasteiger partial charge in [0.05, 0.1) is 0 Å². The average Bonchev–Trinajstić information content (AvgIpc) is 2.08. The number of benzene rings is 1.